The van der Waals surface area contributed by atoms with Gasteiger partial charge >= 0.3 is 17.9 Å². The van der Waals surface area contributed by atoms with E-state index in [1.54, 1.807) is 13.8 Å². The summed E-state index contributed by atoms with van der Waals surface area (Å²) in [6, 6.07) is 0. The number of rotatable bonds is 3. The average molecular weight is 378 g/mol. The summed E-state index contributed by atoms with van der Waals surface area (Å²) in [4.78, 5) is 37.2. The van der Waals surface area contributed by atoms with Gasteiger partial charge in [-0.15, -0.1) is 0 Å². The molecule has 150 valence electrons. The molecule has 2 saturated carbocycles. The second-order valence-corrected chi connectivity index (χ2v) is 9.00. The number of ether oxygens (including phenoxy) is 3. The highest BCUT2D eigenvalue weighted by Crippen LogP contribution is 2.66. The lowest BCUT2D eigenvalue weighted by atomic mass is 9.61. The van der Waals surface area contributed by atoms with Gasteiger partial charge in [0.1, 0.15) is 24.2 Å². The Morgan fingerprint density at radius 1 is 1.26 bits per heavy atom. The molecule has 0 radical (unpaired) electrons. The Labute approximate surface area is 160 Å². The number of hydrogen-bond acceptors (Lipinski definition) is 6. The van der Waals surface area contributed by atoms with Crippen LogP contribution in [0.15, 0.2) is 12.2 Å². The fourth-order valence-corrected chi connectivity index (χ4v) is 5.37. The first-order chi connectivity index (χ1) is 12.5. The maximum atomic E-state index is 12.9. The average Bonchev–Trinajstić information content (AvgIpc) is 3.01. The van der Waals surface area contributed by atoms with Crippen molar-refractivity contribution >= 4 is 17.9 Å². The molecule has 1 saturated heterocycles. The lowest BCUT2D eigenvalue weighted by molar-refractivity contribution is -0.177. The molecule has 3 rings (SSSR count). The highest BCUT2D eigenvalue weighted by Gasteiger charge is 2.72. The molecule has 0 aromatic carbocycles. The van der Waals surface area contributed by atoms with E-state index in [4.69, 9.17) is 14.2 Å². The number of carbonyl (C=O) groups excluding carboxylic acids is 3. The van der Waals surface area contributed by atoms with Crippen LogP contribution in [0, 0.1) is 28.6 Å². The number of esters is 3. The van der Waals surface area contributed by atoms with Crippen molar-refractivity contribution in [2.24, 2.45) is 28.6 Å². The van der Waals surface area contributed by atoms with Crippen LogP contribution >= 0.6 is 0 Å². The van der Waals surface area contributed by atoms with E-state index in [1.165, 1.54) is 6.92 Å². The molecule has 0 aromatic heterocycles. The second kappa shape index (κ2) is 6.64. The molecule has 0 amide bonds. The van der Waals surface area contributed by atoms with Crippen molar-refractivity contribution in [3.63, 3.8) is 0 Å². The molecule has 6 heteroatoms. The topological polar surface area (TPSA) is 78.9 Å². The maximum Gasteiger partial charge on any atom is 0.320 e. The first kappa shape index (κ1) is 19.9. The highest BCUT2D eigenvalue weighted by atomic mass is 16.6. The third-order valence-corrected chi connectivity index (χ3v) is 7.05. The first-order valence-electron chi connectivity index (χ1n) is 9.77. The van der Waals surface area contributed by atoms with E-state index >= 15 is 0 Å². The van der Waals surface area contributed by atoms with Gasteiger partial charge in [0.15, 0.2) is 0 Å². The van der Waals surface area contributed by atoms with Gasteiger partial charge in [-0.1, -0.05) is 34.3 Å². The largest absolute Gasteiger partial charge is 0.462 e. The van der Waals surface area contributed by atoms with Crippen molar-refractivity contribution in [1.29, 1.82) is 0 Å². The minimum absolute atomic E-state index is 0.143. The SMILES string of the molecule is C=C1COC(=O)[C@]12C[C@@]1(C)[C@@H]([C@@H](OC(C)=O)CC[C@@H]1C)[C@H]2OC(=O)C(C)C. The zero-order chi connectivity index (χ0) is 20.1. The smallest absolute Gasteiger partial charge is 0.320 e. The quantitative estimate of drug-likeness (QED) is 0.427. The van der Waals surface area contributed by atoms with Crippen LogP contribution in [0.2, 0.25) is 0 Å². The molecule has 27 heavy (non-hydrogen) atoms. The molecule has 1 aliphatic heterocycles. The third-order valence-electron chi connectivity index (χ3n) is 7.05. The normalized spacial score (nSPS) is 40.8. The summed E-state index contributed by atoms with van der Waals surface area (Å²) in [5.74, 6) is -1.41. The van der Waals surface area contributed by atoms with Gasteiger partial charge in [-0.05, 0) is 36.2 Å². The minimum atomic E-state index is -1.05. The summed E-state index contributed by atoms with van der Waals surface area (Å²) in [6.07, 6.45) is 0.945. The van der Waals surface area contributed by atoms with E-state index in [-0.39, 0.29) is 47.7 Å². The molecule has 6 atom stereocenters. The van der Waals surface area contributed by atoms with Gasteiger partial charge in [-0.2, -0.15) is 0 Å². The minimum Gasteiger partial charge on any atom is -0.462 e. The Bertz CT molecular complexity index is 664. The van der Waals surface area contributed by atoms with Crippen molar-refractivity contribution < 1.29 is 28.6 Å². The van der Waals surface area contributed by atoms with Crippen LogP contribution in [0.5, 0.6) is 0 Å². The molecule has 0 unspecified atom stereocenters. The van der Waals surface area contributed by atoms with Gasteiger partial charge in [0, 0.05) is 12.8 Å². The lowest BCUT2D eigenvalue weighted by Crippen LogP contribution is -2.50. The van der Waals surface area contributed by atoms with Gasteiger partial charge < -0.3 is 14.2 Å². The molecule has 2 aliphatic carbocycles. The predicted molar refractivity (Wildman–Crippen MR) is 97.4 cm³/mol. The predicted octanol–water partition coefficient (Wildman–Crippen LogP) is 3.04. The first-order valence-corrected chi connectivity index (χ1v) is 9.77. The van der Waals surface area contributed by atoms with Crippen LogP contribution in [-0.2, 0) is 28.6 Å². The van der Waals surface area contributed by atoms with Gasteiger partial charge in [-0.25, -0.2) is 0 Å². The van der Waals surface area contributed by atoms with Crippen molar-refractivity contribution in [2.45, 2.75) is 66.1 Å². The molecule has 1 spiro atoms. The summed E-state index contributed by atoms with van der Waals surface area (Å²) in [7, 11) is 0. The van der Waals surface area contributed by atoms with Gasteiger partial charge in [-0.3, -0.25) is 14.4 Å². The Morgan fingerprint density at radius 3 is 2.44 bits per heavy atom. The van der Waals surface area contributed by atoms with Crippen LogP contribution in [0.1, 0.15) is 53.9 Å². The summed E-state index contributed by atoms with van der Waals surface area (Å²) in [6.45, 7) is 13.4. The van der Waals surface area contributed by atoms with Crippen molar-refractivity contribution in [2.75, 3.05) is 6.61 Å². The zero-order valence-corrected chi connectivity index (χ0v) is 16.9. The molecule has 6 nitrogen and oxygen atoms in total. The number of hydrogen-bond donors (Lipinski definition) is 0. The van der Waals surface area contributed by atoms with Crippen LogP contribution in [-0.4, -0.2) is 36.7 Å². The summed E-state index contributed by atoms with van der Waals surface area (Å²) >= 11 is 0. The number of cyclic esters (lactones) is 1. The van der Waals surface area contributed by atoms with E-state index in [0.29, 0.717) is 18.4 Å². The van der Waals surface area contributed by atoms with Crippen molar-refractivity contribution in [1.82, 2.24) is 0 Å². The number of fused-ring (bicyclic) bond motifs is 1. The van der Waals surface area contributed by atoms with E-state index < -0.39 is 17.6 Å². The summed E-state index contributed by atoms with van der Waals surface area (Å²) in [5, 5.41) is 0. The monoisotopic (exact) mass is 378 g/mol. The molecule has 3 aliphatic rings. The summed E-state index contributed by atoms with van der Waals surface area (Å²) < 4.78 is 16.9. The molecule has 0 N–H and O–H groups in total. The maximum absolute atomic E-state index is 12.9. The van der Waals surface area contributed by atoms with E-state index in [0.717, 1.165) is 6.42 Å². The third kappa shape index (κ3) is 2.88. The van der Waals surface area contributed by atoms with Gasteiger partial charge in [0.05, 0.1) is 5.92 Å². The van der Waals surface area contributed by atoms with Gasteiger partial charge in [0.2, 0.25) is 0 Å². The molecular formula is C21H30O6. The van der Waals surface area contributed by atoms with E-state index in [2.05, 4.69) is 20.4 Å². The van der Waals surface area contributed by atoms with E-state index in [9.17, 15) is 14.4 Å². The Hall–Kier alpha value is -1.85. The standard InChI is InChI=1S/C21H30O6/c1-11(2)18(23)27-17-16-15(26-14(5)22)8-7-12(3)20(16,6)10-21(17)13(4)9-25-19(21)24/h11-12,15-17H,4,7-10H2,1-3,5-6H3/t12-,15-,16-,17+,20+,21+/m0/s1. The molecule has 3 fully saturated rings. The van der Waals surface area contributed by atoms with Crippen molar-refractivity contribution in [3.8, 4) is 0 Å². The second-order valence-electron chi connectivity index (χ2n) is 9.00. The Morgan fingerprint density at radius 2 is 1.93 bits per heavy atom. The lowest BCUT2D eigenvalue weighted by Gasteiger charge is -2.46. The molecular weight excluding hydrogens is 348 g/mol. The Balaban J connectivity index is 2.11. The highest BCUT2D eigenvalue weighted by molar-refractivity contribution is 5.86. The van der Waals surface area contributed by atoms with Crippen LogP contribution in [0.4, 0.5) is 0 Å². The van der Waals surface area contributed by atoms with Crippen molar-refractivity contribution in [3.05, 3.63) is 12.2 Å². The Kier molecular flexibility index (Phi) is 4.89. The molecule has 0 aromatic rings. The summed E-state index contributed by atoms with van der Waals surface area (Å²) in [5.41, 5.74) is -0.730. The number of carbonyl (C=O) groups is 3. The molecule has 0 bridgehead atoms. The van der Waals surface area contributed by atoms with Crippen LogP contribution < -0.4 is 0 Å². The van der Waals surface area contributed by atoms with Crippen LogP contribution in [0.25, 0.3) is 0 Å². The zero-order valence-electron chi connectivity index (χ0n) is 16.9. The fourth-order valence-electron chi connectivity index (χ4n) is 5.37. The van der Waals surface area contributed by atoms with Crippen LogP contribution in [0.3, 0.4) is 0 Å². The van der Waals surface area contributed by atoms with Gasteiger partial charge in [0.25, 0.3) is 0 Å². The fraction of sp³-hybridized carbons (Fsp3) is 0.762. The van der Waals surface area contributed by atoms with E-state index in [1.807, 2.05) is 0 Å². The molecule has 1 heterocycles.